The SMILES string of the molecule is O=C(NC1CCN(Cc2ccc(F)cc2)CC1)c1sccc1S(=O)(=O)N1CCOCC1. The number of benzene rings is 1. The molecule has 0 atom stereocenters. The fourth-order valence-corrected chi connectivity index (χ4v) is 6.64. The summed E-state index contributed by atoms with van der Waals surface area (Å²) in [6.07, 6.45) is 1.56. The van der Waals surface area contributed by atoms with Crippen molar-refractivity contribution in [3.8, 4) is 0 Å². The Morgan fingerprint density at radius 2 is 1.77 bits per heavy atom. The zero-order valence-electron chi connectivity index (χ0n) is 17.1. The summed E-state index contributed by atoms with van der Waals surface area (Å²) < 4.78 is 45.6. The molecule has 0 unspecified atom stereocenters. The largest absolute Gasteiger partial charge is 0.379 e. The second-order valence-corrected chi connectivity index (χ2v) is 10.6. The molecule has 31 heavy (non-hydrogen) atoms. The van der Waals surface area contributed by atoms with E-state index in [1.54, 1.807) is 17.5 Å². The van der Waals surface area contributed by atoms with Crippen LogP contribution in [0.2, 0.25) is 0 Å². The fourth-order valence-electron chi connectivity index (χ4n) is 3.93. The minimum atomic E-state index is -3.71. The van der Waals surface area contributed by atoms with Gasteiger partial charge in [0.1, 0.15) is 15.6 Å². The Balaban J connectivity index is 1.34. The van der Waals surface area contributed by atoms with Crippen molar-refractivity contribution in [2.45, 2.75) is 30.3 Å². The van der Waals surface area contributed by atoms with Crippen LogP contribution < -0.4 is 5.32 Å². The highest BCUT2D eigenvalue weighted by Gasteiger charge is 2.32. The second-order valence-electron chi connectivity index (χ2n) is 7.78. The monoisotopic (exact) mass is 467 g/mol. The predicted molar refractivity (Wildman–Crippen MR) is 116 cm³/mol. The van der Waals surface area contributed by atoms with E-state index in [1.165, 1.54) is 22.5 Å². The maximum atomic E-state index is 13.1. The standard InChI is InChI=1S/C21H26FN3O4S2/c22-17-3-1-16(2-4-17)15-24-8-5-18(6-9-24)23-21(26)20-19(7-14-30-20)31(27,28)25-10-12-29-13-11-25/h1-4,7,14,18H,5-6,8-13,15H2,(H,23,26). The first-order valence-corrected chi connectivity index (χ1v) is 12.7. The molecule has 2 aliphatic rings. The molecular weight excluding hydrogens is 441 g/mol. The number of nitrogens with zero attached hydrogens (tertiary/aromatic N) is 2. The van der Waals surface area contributed by atoms with E-state index in [9.17, 15) is 17.6 Å². The van der Waals surface area contributed by atoms with Crippen LogP contribution in [0, 0.1) is 5.82 Å². The van der Waals surface area contributed by atoms with Crippen LogP contribution in [0.4, 0.5) is 4.39 Å². The van der Waals surface area contributed by atoms with E-state index in [-0.39, 0.29) is 27.5 Å². The molecule has 10 heteroatoms. The zero-order chi connectivity index (χ0) is 21.8. The summed E-state index contributed by atoms with van der Waals surface area (Å²) in [6, 6.07) is 8.01. The summed E-state index contributed by atoms with van der Waals surface area (Å²) in [4.78, 5) is 15.5. The average Bonchev–Trinajstić information content (AvgIpc) is 3.28. The summed E-state index contributed by atoms with van der Waals surface area (Å²) in [6.45, 7) is 3.69. The van der Waals surface area contributed by atoms with Crippen molar-refractivity contribution in [2.24, 2.45) is 0 Å². The van der Waals surface area contributed by atoms with Crippen LogP contribution >= 0.6 is 11.3 Å². The molecule has 2 aliphatic heterocycles. The molecule has 2 aromatic rings. The highest BCUT2D eigenvalue weighted by atomic mass is 32.2. The number of hydrogen-bond donors (Lipinski definition) is 1. The first-order chi connectivity index (χ1) is 14.9. The lowest BCUT2D eigenvalue weighted by Crippen LogP contribution is -2.45. The van der Waals surface area contributed by atoms with Gasteiger partial charge in [0.05, 0.1) is 13.2 Å². The van der Waals surface area contributed by atoms with Crippen molar-refractivity contribution in [3.63, 3.8) is 0 Å². The van der Waals surface area contributed by atoms with E-state index >= 15 is 0 Å². The van der Waals surface area contributed by atoms with Crippen LogP contribution in [0.3, 0.4) is 0 Å². The fraction of sp³-hybridized carbons (Fsp3) is 0.476. The van der Waals surface area contributed by atoms with Gasteiger partial charge in [-0.2, -0.15) is 4.31 Å². The Labute approximate surface area is 185 Å². The molecule has 4 rings (SSSR count). The Morgan fingerprint density at radius 3 is 2.45 bits per heavy atom. The Hall–Kier alpha value is -1.85. The molecule has 1 amide bonds. The van der Waals surface area contributed by atoms with Crippen LogP contribution in [0.15, 0.2) is 40.6 Å². The summed E-state index contributed by atoms with van der Waals surface area (Å²) in [5.41, 5.74) is 1.06. The lowest BCUT2D eigenvalue weighted by Gasteiger charge is -2.32. The smallest absolute Gasteiger partial charge is 0.262 e. The van der Waals surface area contributed by atoms with Gasteiger partial charge >= 0.3 is 0 Å². The molecule has 1 aromatic carbocycles. The van der Waals surface area contributed by atoms with Crippen LogP contribution in [0.25, 0.3) is 0 Å². The number of ether oxygens (including phenoxy) is 1. The van der Waals surface area contributed by atoms with Gasteiger partial charge in [-0.3, -0.25) is 9.69 Å². The van der Waals surface area contributed by atoms with Crippen molar-refractivity contribution in [1.29, 1.82) is 0 Å². The van der Waals surface area contributed by atoms with Crippen molar-refractivity contribution in [3.05, 3.63) is 52.0 Å². The van der Waals surface area contributed by atoms with Crippen molar-refractivity contribution in [2.75, 3.05) is 39.4 Å². The molecule has 168 valence electrons. The van der Waals surface area contributed by atoms with E-state index in [1.807, 2.05) is 0 Å². The molecule has 0 bridgehead atoms. The second kappa shape index (κ2) is 9.74. The average molecular weight is 468 g/mol. The van der Waals surface area contributed by atoms with Gasteiger partial charge in [0.2, 0.25) is 10.0 Å². The molecule has 2 saturated heterocycles. The van der Waals surface area contributed by atoms with Crippen LogP contribution in [-0.2, 0) is 21.3 Å². The van der Waals surface area contributed by atoms with Crippen molar-refractivity contribution in [1.82, 2.24) is 14.5 Å². The van der Waals surface area contributed by atoms with E-state index in [4.69, 9.17) is 4.74 Å². The molecule has 1 aromatic heterocycles. The minimum absolute atomic E-state index is 0.00184. The van der Waals surface area contributed by atoms with Gasteiger partial charge < -0.3 is 10.1 Å². The number of halogens is 1. The Bertz CT molecular complexity index is 996. The number of nitrogens with one attached hydrogen (secondary N) is 1. The third kappa shape index (κ3) is 5.32. The van der Waals surface area contributed by atoms with Gasteiger partial charge in [0.25, 0.3) is 5.91 Å². The zero-order valence-corrected chi connectivity index (χ0v) is 18.8. The maximum Gasteiger partial charge on any atom is 0.262 e. The number of carbonyl (C=O) groups is 1. The van der Waals surface area contributed by atoms with Gasteiger partial charge in [-0.25, -0.2) is 12.8 Å². The van der Waals surface area contributed by atoms with Crippen LogP contribution in [-0.4, -0.2) is 69.0 Å². The number of hydrogen-bond acceptors (Lipinski definition) is 6. The number of morpholine rings is 1. The number of carbonyl (C=O) groups excluding carboxylic acids is 1. The van der Waals surface area contributed by atoms with Gasteiger partial charge in [-0.1, -0.05) is 12.1 Å². The Kier molecular flexibility index (Phi) is 7.02. The molecule has 2 fully saturated rings. The molecule has 1 N–H and O–H groups in total. The van der Waals surface area contributed by atoms with Gasteiger partial charge in [-0.15, -0.1) is 11.3 Å². The third-order valence-corrected chi connectivity index (χ3v) is 8.65. The number of piperidine rings is 1. The quantitative estimate of drug-likeness (QED) is 0.705. The molecule has 7 nitrogen and oxygen atoms in total. The third-order valence-electron chi connectivity index (χ3n) is 5.67. The van der Waals surface area contributed by atoms with Gasteiger partial charge in [-0.05, 0) is 42.0 Å². The number of likely N-dealkylation sites (tertiary alicyclic amines) is 1. The van der Waals surface area contributed by atoms with Gasteiger partial charge in [0, 0.05) is 38.8 Å². The molecule has 0 aliphatic carbocycles. The Morgan fingerprint density at radius 1 is 1.10 bits per heavy atom. The van der Waals surface area contributed by atoms with E-state index in [2.05, 4.69) is 10.2 Å². The maximum absolute atomic E-state index is 13.1. The van der Waals surface area contributed by atoms with Crippen molar-refractivity contribution >= 4 is 27.3 Å². The number of rotatable bonds is 6. The highest BCUT2D eigenvalue weighted by Crippen LogP contribution is 2.26. The number of thiophene rings is 1. The normalized spacial score (nSPS) is 19.4. The molecule has 0 saturated carbocycles. The van der Waals surface area contributed by atoms with Crippen LogP contribution in [0.1, 0.15) is 28.1 Å². The highest BCUT2D eigenvalue weighted by molar-refractivity contribution is 7.89. The summed E-state index contributed by atoms with van der Waals surface area (Å²) in [5.74, 6) is -0.576. The minimum Gasteiger partial charge on any atom is -0.379 e. The number of sulfonamides is 1. The van der Waals surface area contributed by atoms with E-state index in [0.29, 0.717) is 26.3 Å². The first-order valence-electron chi connectivity index (χ1n) is 10.4. The first kappa shape index (κ1) is 22.3. The van der Waals surface area contributed by atoms with Crippen molar-refractivity contribution < 1.29 is 22.3 Å². The van der Waals surface area contributed by atoms with Crippen LogP contribution in [0.5, 0.6) is 0 Å². The molecule has 3 heterocycles. The summed E-state index contributed by atoms with van der Waals surface area (Å²) in [5, 5.41) is 4.66. The topological polar surface area (TPSA) is 79.0 Å². The summed E-state index contributed by atoms with van der Waals surface area (Å²) in [7, 11) is -3.71. The van der Waals surface area contributed by atoms with E-state index in [0.717, 1.165) is 49.4 Å². The molecule has 0 radical (unpaired) electrons. The predicted octanol–water partition coefficient (Wildman–Crippen LogP) is 2.30. The molecular formula is C21H26FN3O4S2. The molecule has 0 spiro atoms. The summed E-state index contributed by atoms with van der Waals surface area (Å²) >= 11 is 1.15. The van der Waals surface area contributed by atoms with Gasteiger partial charge in [0.15, 0.2) is 0 Å². The lowest BCUT2D eigenvalue weighted by molar-refractivity contribution is 0.0730. The number of amides is 1. The van der Waals surface area contributed by atoms with E-state index < -0.39 is 10.0 Å². The lowest BCUT2D eigenvalue weighted by atomic mass is 10.0.